The quantitative estimate of drug-likeness (QED) is 0.509. The Labute approximate surface area is 207 Å². The summed E-state index contributed by atoms with van der Waals surface area (Å²) in [5.41, 5.74) is 1.64. The van der Waals surface area contributed by atoms with Crippen molar-refractivity contribution in [3.8, 4) is 17.2 Å². The Hall–Kier alpha value is -3.72. The number of methoxy groups -OCH3 is 3. The highest BCUT2D eigenvalue weighted by atomic mass is 32.2. The lowest BCUT2D eigenvalue weighted by Crippen LogP contribution is -2.45. The molecule has 0 spiro atoms. The van der Waals surface area contributed by atoms with E-state index in [1.54, 1.807) is 17.0 Å². The van der Waals surface area contributed by atoms with Crippen LogP contribution in [0.25, 0.3) is 0 Å². The molecule has 3 aromatic rings. The predicted octanol–water partition coefficient (Wildman–Crippen LogP) is 4.75. The van der Waals surface area contributed by atoms with Gasteiger partial charge in [0.15, 0.2) is 11.5 Å². The number of anilines is 1. The van der Waals surface area contributed by atoms with Crippen molar-refractivity contribution in [2.45, 2.75) is 11.4 Å². The molecular formula is C26H25FN2O5S. The number of benzene rings is 3. The second-order valence-corrected chi connectivity index (χ2v) is 8.85. The summed E-state index contributed by atoms with van der Waals surface area (Å²) in [5.74, 6) is 0.320. The highest BCUT2D eigenvalue weighted by Gasteiger charge is 2.43. The number of hydrogen-bond acceptors (Lipinski definition) is 6. The van der Waals surface area contributed by atoms with Gasteiger partial charge in [0.2, 0.25) is 11.7 Å². The van der Waals surface area contributed by atoms with E-state index in [9.17, 15) is 14.0 Å². The second-order valence-electron chi connectivity index (χ2n) is 7.73. The average Bonchev–Trinajstić information content (AvgIpc) is 3.34. The summed E-state index contributed by atoms with van der Waals surface area (Å²) >= 11 is 1.50. The Morgan fingerprint density at radius 3 is 2.14 bits per heavy atom. The summed E-state index contributed by atoms with van der Waals surface area (Å²) in [5, 5.41) is 2.42. The van der Waals surface area contributed by atoms with Crippen molar-refractivity contribution in [1.82, 2.24) is 4.90 Å². The summed E-state index contributed by atoms with van der Waals surface area (Å²) in [4.78, 5) is 28.8. The number of amides is 2. The van der Waals surface area contributed by atoms with Crippen LogP contribution in [0.5, 0.6) is 17.2 Å². The van der Waals surface area contributed by atoms with E-state index in [1.807, 2.05) is 30.3 Å². The van der Waals surface area contributed by atoms with Crippen LogP contribution in [-0.4, -0.2) is 49.8 Å². The molecule has 0 bridgehead atoms. The molecule has 1 fully saturated rings. The molecule has 2 unspecified atom stereocenters. The topological polar surface area (TPSA) is 77.1 Å². The predicted molar refractivity (Wildman–Crippen MR) is 133 cm³/mol. The Bertz CT molecular complexity index is 1180. The third-order valence-electron chi connectivity index (χ3n) is 5.65. The first kappa shape index (κ1) is 24.4. The van der Waals surface area contributed by atoms with Crippen LogP contribution >= 0.6 is 11.8 Å². The Balaban J connectivity index is 1.71. The van der Waals surface area contributed by atoms with Crippen LogP contribution in [0.4, 0.5) is 10.1 Å². The van der Waals surface area contributed by atoms with Crippen LogP contribution in [0.2, 0.25) is 0 Å². The van der Waals surface area contributed by atoms with Gasteiger partial charge in [0.25, 0.3) is 5.91 Å². The summed E-state index contributed by atoms with van der Waals surface area (Å²) in [6, 6.07) is 17.4. The highest BCUT2D eigenvalue weighted by Crippen LogP contribution is 2.44. The molecule has 35 heavy (non-hydrogen) atoms. The molecule has 2 atom stereocenters. The second kappa shape index (κ2) is 10.7. The minimum atomic E-state index is -0.762. The molecule has 1 saturated heterocycles. The third kappa shape index (κ3) is 5.05. The molecule has 9 heteroatoms. The molecule has 0 aromatic heterocycles. The Morgan fingerprint density at radius 2 is 1.57 bits per heavy atom. The van der Waals surface area contributed by atoms with Crippen LogP contribution in [-0.2, 0) is 4.79 Å². The highest BCUT2D eigenvalue weighted by molar-refractivity contribution is 7.99. The van der Waals surface area contributed by atoms with Gasteiger partial charge in [0, 0.05) is 17.0 Å². The molecule has 182 valence electrons. The van der Waals surface area contributed by atoms with Gasteiger partial charge in [-0.25, -0.2) is 4.39 Å². The van der Waals surface area contributed by atoms with Crippen LogP contribution in [0.1, 0.15) is 21.3 Å². The van der Waals surface area contributed by atoms with E-state index in [4.69, 9.17) is 14.2 Å². The summed E-state index contributed by atoms with van der Waals surface area (Å²) in [7, 11) is 4.44. The monoisotopic (exact) mass is 496 g/mol. The Morgan fingerprint density at radius 1 is 0.943 bits per heavy atom. The summed E-state index contributed by atoms with van der Waals surface area (Å²) in [6.45, 7) is 0. The van der Waals surface area contributed by atoms with Gasteiger partial charge in [-0.05, 0) is 42.0 Å². The standard InChI is InChI=1S/C26H25FN2O5S/c1-32-21-13-17(14-22(33-2)23(21)34-3)25(31)29-20(15-35-26(29)16-7-5-4-6-8-16)24(30)28-19-11-9-18(27)10-12-19/h4-14,20,26H,15H2,1-3H3,(H,28,30). The fourth-order valence-electron chi connectivity index (χ4n) is 3.94. The third-order valence-corrected chi connectivity index (χ3v) is 6.97. The molecule has 3 aromatic carbocycles. The van der Waals surface area contributed by atoms with Gasteiger partial charge in [-0.1, -0.05) is 30.3 Å². The molecule has 1 heterocycles. The fourth-order valence-corrected chi connectivity index (χ4v) is 5.37. The van der Waals surface area contributed by atoms with Gasteiger partial charge in [0.1, 0.15) is 17.2 Å². The van der Waals surface area contributed by atoms with Gasteiger partial charge < -0.3 is 24.4 Å². The Kier molecular flexibility index (Phi) is 7.45. The lowest BCUT2D eigenvalue weighted by molar-refractivity contribution is -0.119. The zero-order valence-electron chi connectivity index (χ0n) is 19.5. The molecule has 0 radical (unpaired) electrons. The minimum absolute atomic E-state index is 0.294. The van der Waals surface area contributed by atoms with Crippen LogP contribution in [0, 0.1) is 5.82 Å². The number of thioether (sulfide) groups is 1. The van der Waals surface area contributed by atoms with Crippen molar-refractivity contribution in [2.24, 2.45) is 0 Å². The molecular weight excluding hydrogens is 471 g/mol. The number of rotatable bonds is 7. The van der Waals surface area contributed by atoms with Crippen molar-refractivity contribution in [3.05, 3.63) is 83.7 Å². The van der Waals surface area contributed by atoms with Crippen molar-refractivity contribution >= 4 is 29.3 Å². The molecule has 7 nitrogen and oxygen atoms in total. The maximum Gasteiger partial charge on any atom is 0.256 e. The normalized spacial score (nSPS) is 17.1. The van der Waals surface area contributed by atoms with Crippen LogP contribution in [0.3, 0.4) is 0 Å². The number of carbonyl (C=O) groups excluding carboxylic acids is 2. The molecule has 2 amide bonds. The molecule has 1 aliphatic rings. The molecule has 1 N–H and O–H groups in total. The van der Waals surface area contributed by atoms with Crippen molar-refractivity contribution < 1.29 is 28.2 Å². The lowest BCUT2D eigenvalue weighted by Gasteiger charge is -2.29. The minimum Gasteiger partial charge on any atom is -0.493 e. The first-order valence-electron chi connectivity index (χ1n) is 10.8. The first-order chi connectivity index (χ1) is 17.0. The number of carbonyl (C=O) groups is 2. The van der Waals surface area contributed by atoms with Gasteiger partial charge in [-0.3, -0.25) is 9.59 Å². The number of ether oxygens (including phenoxy) is 3. The number of nitrogens with zero attached hydrogens (tertiary/aromatic N) is 1. The van der Waals surface area contributed by atoms with Gasteiger partial charge in [0.05, 0.1) is 21.3 Å². The van der Waals surface area contributed by atoms with Gasteiger partial charge >= 0.3 is 0 Å². The van der Waals surface area contributed by atoms with Gasteiger partial charge in [-0.2, -0.15) is 0 Å². The summed E-state index contributed by atoms with van der Waals surface area (Å²) < 4.78 is 29.5. The van der Waals surface area contributed by atoms with Crippen LogP contribution < -0.4 is 19.5 Å². The maximum atomic E-state index is 13.9. The van der Waals surface area contributed by atoms with E-state index >= 15 is 0 Å². The van der Waals surface area contributed by atoms with Gasteiger partial charge in [-0.15, -0.1) is 11.8 Å². The molecule has 0 aliphatic carbocycles. The first-order valence-corrected chi connectivity index (χ1v) is 11.9. The SMILES string of the molecule is COc1cc(C(=O)N2C(C(=O)Nc3ccc(F)cc3)CSC2c2ccccc2)cc(OC)c1OC. The zero-order valence-corrected chi connectivity index (χ0v) is 20.3. The van der Waals surface area contributed by atoms with E-state index in [0.29, 0.717) is 34.3 Å². The molecule has 1 aliphatic heterocycles. The van der Waals surface area contributed by atoms with Crippen LogP contribution in [0.15, 0.2) is 66.7 Å². The van der Waals surface area contributed by atoms with E-state index in [1.165, 1.54) is 57.4 Å². The summed E-state index contributed by atoms with van der Waals surface area (Å²) in [6.07, 6.45) is 0. The number of hydrogen-bond donors (Lipinski definition) is 1. The van der Waals surface area contributed by atoms with E-state index in [2.05, 4.69) is 5.32 Å². The fraction of sp³-hybridized carbons (Fsp3) is 0.231. The zero-order chi connectivity index (χ0) is 24.9. The number of halogens is 1. The largest absolute Gasteiger partial charge is 0.493 e. The average molecular weight is 497 g/mol. The number of nitrogens with one attached hydrogen (secondary N) is 1. The van der Waals surface area contributed by atoms with Crippen molar-refractivity contribution in [1.29, 1.82) is 0 Å². The van der Waals surface area contributed by atoms with Crippen molar-refractivity contribution in [3.63, 3.8) is 0 Å². The van der Waals surface area contributed by atoms with E-state index in [-0.39, 0.29) is 17.2 Å². The maximum absolute atomic E-state index is 13.9. The van der Waals surface area contributed by atoms with E-state index < -0.39 is 11.9 Å². The van der Waals surface area contributed by atoms with Crippen molar-refractivity contribution in [2.75, 3.05) is 32.4 Å². The lowest BCUT2D eigenvalue weighted by atomic mass is 10.1. The molecule has 0 saturated carbocycles. The molecule has 4 rings (SSSR count). The van der Waals surface area contributed by atoms with E-state index in [0.717, 1.165) is 5.56 Å². The smallest absolute Gasteiger partial charge is 0.256 e.